The maximum absolute atomic E-state index is 12.9. The van der Waals surface area contributed by atoms with Crippen LogP contribution in [0.5, 0.6) is 0 Å². The van der Waals surface area contributed by atoms with Gasteiger partial charge in [0.25, 0.3) is 0 Å². The Hall–Kier alpha value is -2.72. The van der Waals surface area contributed by atoms with E-state index in [1.165, 1.54) is 77.0 Å². The van der Waals surface area contributed by atoms with Gasteiger partial charge in [-0.05, 0) is 89.9 Å². The Morgan fingerprint density at radius 1 is 0.591 bits per heavy atom. The minimum absolute atomic E-state index is 0.0155. The Morgan fingerprint density at radius 2 is 1.05 bits per heavy atom. The van der Waals surface area contributed by atoms with Crippen LogP contribution in [0.2, 0.25) is 0 Å². The van der Waals surface area contributed by atoms with Gasteiger partial charge in [-0.15, -0.1) is 0 Å². The average molecular weight is 951 g/mol. The van der Waals surface area contributed by atoms with Gasteiger partial charge in [0.2, 0.25) is 0 Å². The van der Waals surface area contributed by atoms with Gasteiger partial charge in [0, 0.05) is 13.0 Å². The predicted octanol–water partition coefficient (Wildman–Crippen LogP) is 11.6. The highest BCUT2D eigenvalue weighted by atomic mass is 32.3. The zero-order chi connectivity index (χ0) is 48.2. The van der Waals surface area contributed by atoms with Crippen LogP contribution < -0.4 is 0 Å². The Bertz CT molecular complexity index is 1470. The monoisotopic (exact) mass is 951 g/mol. The first-order valence-corrected chi connectivity index (χ1v) is 26.7. The minimum atomic E-state index is -5.07. The number of aliphatic hydroxyl groups excluding tert-OH is 3. The molecule has 1 saturated heterocycles. The Kier molecular flexibility index (Phi) is 40.4. The zero-order valence-electron chi connectivity index (χ0n) is 40.7. The Labute approximate surface area is 400 Å². The highest BCUT2D eigenvalue weighted by Gasteiger charge is 2.48. The molecule has 4 N–H and O–H groups in total. The number of esters is 1. The van der Waals surface area contributed by atoms with Crippen LogP contribution in [0, 0.1) is 0 Å². The molecule has 0 aromatic heterocycles. The second kappa shape index (κ2) is 43.6. The van der Waals surface area contributed by atoms with Gasteiger partial charge in [-0.25, -0.2) is 4.18 Å². The van der Waals surface area contributed by atoms with E-state index in [-0.39, 0.29) is 19.6 Å². The molecule has 12 nitrogen and oxygen atoms in total. The lowest BCUT2D eigenvalue weighted by Gasteiger charge is -2.41. The van der Waals surface area contributed by atoms with Gasteiger partial charge in [0.15, 0.2) is 6.29 Å². The van der Waals surface area contributed by atoms with Crippen molar-refractivity contribution >= 4 is 16.4 Å². The van der Waals surface area contributed by atoms with E-state index in [4.69, 9.17) is 18.9 Å². The summed E-state index contributed by atoms with van der Waals surface area (Å²) in [4.78, 5) is 12.9. The van der Waals surface area contributed by atoms with Crippen molar-refractivity contribution in [2.24, 2.45) is 0 Å². The molecule has 0 bridgehead atoms. The molecule has 6 atom stereocenters. The van der Waals surface area contributed by atoms with Crippen LogP contribution in [0.4, 0.5) is 0 Å². The first kappa shape index (κ1) is 61.3. The first-order chi connectivity index (χ1) is 32.1. The molecule has 0 aromatic carbocycles. The van der Waals surface area contributed by atoms with Gasteiger partial charge < -0.3 is 34.3 Å². The van der Waals surface area contributed by atoms with Crippen molar-refractivity contribution in [3.8, 4) is 0 Å². The maximum atomic E-state index is 12.9. The van der Waals surface area contributed by atoms with Crippen molar-refractivity contribution in [1.82, 2.24) is 0 Å². The standard InChI is InChI=1S/C53H90O12S/c1-3-5-7-9-11-13-15-17-19-21-23-25-27-29-31-33-35-37-39-41-43-61-45-47(46-62-53-51(57)52(65-66(58,59)60)50(56)48(44-54)64-53)63-49(55)42-40-38-36-34-32-30-28-26-24-22-20-18-16-14-12-10-8-6-4-2/h6,8,11-14,17-20,24,26,30,32,47-48,50-54,56-57H,3-5,7,9-10,15-16,21-23,25,27-29,31,33-46H2,1-2H3,(H,58,59,60)/b8-6-,13-11-,14-12-,19-17-,20-18-,26-24-,32-30-. The van der Waals surface area contributed by atoms with E-state index in [9.17, 15) is 33.1 Å². The van der Waals surface area contributed by atoms with E-state index >= 15 is 0 Å². The van der Waals surface area contributed by atoms with Crippen molar-refractivity contribution in [2.45, 2.75) is 218 Å². The normalized spacial score (nSPS) is 20.2. The van der Waals surface area contributed by atoms with Crippen molar-refractivity contribution in [3.63, 3.8) is 0 Å². The number of allylic oxidation sites excluding steroid dienone is 14. The Morgan fingerprint density at radius 3 is 1.53 bits per heavy atom. The van der Waals surface area contributed by atoms with Crippen LogP contribution in [-0.4, -0.2) is 97.5 Å². The van der Waals surface area contributed by atoms with Crippen LogP contribution in [0.15, 0.2) is 85.1 Å². The van der Waals surface area contributed by atoms with E-state index in [0.717, 1.165) is 77.0 Å². The van der Waals surface area contributed by atoms with Crippen LogP contribution in [0.3, 0.4) is 0 Å². The third-order valence-electron chi connectivity index (χ3n) is 11.0. The van der Waals surface area contributed by atoms with Crippen molar-refractivity contribution in [2.75, 3.05) is 26.4 Å². The number of unbranched alkanes of at least 4 members (excludes halogenated alkanes) is 16. The summed E-state index contributed by atoms with van der Waals surface area (Å²) in [5, 5.41) is 30.8. The maximum Gasteiger partial charge on any atom is 0.397 e. The number of carbonyl (C=O) groups excluding carboxylic acids is 1. The molecule has 1 rings (SSSR count). The number of carbonyl (C=O) groups is 1. The van der Waals surface area contributed by atoms with Gasteiger partial charge in [-0.3, -0.25) is 9.35 Å². The fourth-order valence-corrected chi connectivity index (χ4v) is 7.71. The molecule has 1 aliphatic rings. The van der Waals surface area contributed by atoms with E-state index in [1.54, 1.807) is 0 Å². The lowest BCUT2D eigenvalue weighted by Crippen LogP contribution is -2.60. The molecule has 1 fully saturated rings. The van der Waals surface area contributed by atoms with Gasteiger partial charge >= 0.3 is 16.4 Å². The highest BCUT2D eigenvalue weighted by molar-refractivity contribution is 7.80. The van der Waals surface area contributed by atoms with Crippen LogP contribution in [0.25, 0.3) is 0 Å². The van der Waals surface area contributed by atoms with Crippen molar-refractivity contribution in [1.29, 1.82) is 0 Å². The van der Waals surface area contributed by atoms with Gasteiger partial charge in [-0.1, -0.05) is 170 Å². The molecule has 0 aliphatic carbocycles. The van der Waals surface area contributed by atoms with Gasteiger partial charge in [0.05, 0.1) is 19.8 Å². The van der Waals surface area contributed by atoms with Crippen molar-refractivity contribution in [3.05, 3.63) is 85.1 Å². The summed E-state index contributed by atoms with van der Waals surface area (Å²) in [6.07, 6.45) is 48.9. The quantitative estimate of drug-likeness (QED) is 0.0197. The lowest BCUT2D eigenvalue weighted by molar-refractivity contribution is -0.301. The summed E-state index contributed by atoms with van der Waals surface area (Å²) in [6.45, 7) is 3.80. The van der Waals surface area contributed by atoms with Crippen LogP contribution >= 0.6 is 0 Å². The smallest absolute Gasteiger partial charge is 0.397 e. The molecular formula is C53H90O12S. The summed E-state index contributed by atoms with van der Waals surface area (Å²) in [5.41, 5.74) is 0. The molecule has 13 heteroatoms. The summed E-state index contributed by atoms with van der Waals surface area (Å²) in [7, 11) is -5.07. The molecule has 0 aromatic rings. The second-order valence-electron chi connectivity index (χ2n) is 17.0. The largest absolute Gasteiger partial charge is 0.457 e. The predicted molar refractivity (Wildman–Crippen MR) is 266 cm³/mol. The molecule has 6 unspecified atom stereocenters. The number of rotatable bonds is 43. The van der Waals surface area contributed by atoms with Crippen LogP contribution in [-0.2, 0) is 38.3 Å². The lowest BCUT2D eigenvalue weighted by atomic mass is 9.99. The van der Waals surface area contributed by atoms with E-state index < -0.39 is 59.8 Å². The van der Waals surface area contributed by atoms with Crippen molar-refractivity contribution < 1.29 is 56.2 Å². The molecule has 1 aliphatic heterocycles. The Balaban J connectivity index is 2.41. The molecule has 66 heavy (non-hydrogen) atoms. The number of aliphatic hydroxyl groups is 3. The van der Waals surface area contributed by atoms with Gasteiger partial charge in [0.1, 0.15) is 30.5 Å². The van der Waals surface area contributed by atoms with Crippen LogP contribution in [0.1, 0.15) is 181 Å². The van der Waals surface area contributed by atoms with E-state index in [1.807, 2.05) is 0 Å². The number of ether oxygens (including phenoxy) is 4. The average Bonchev–Trinajstić information content (AvgIpc) is 3.29. The third-order valence-corrected chi connectivity index (χ3v) is 11.5. The second-order valence-corrected chi connectivity index (χ2v) is 18.1. The number of hydrogen-bond acceptors (Lipinski definition) is 11. The SMILES string of the molecule is CC/C=C\C/C=C\C/C=C\C/C=C\C/C=C\CCCCCC(=O)OC(COCCCCCCCCCCCC/C=C\C/C=C\CCCCC)COC1OC(CO)C(O)C(OS(=O)(=O)O)C1O. The van der Waals surface area contributed by atoms with E-state index in [0.29, 0.717) is 13.0 Å². The fraction of sp³-hybridized carbons (Fsp3) is 0.717. The summed E-state index contributed by atoms with van der Waals surface area (Å²) in [6, 6.07) is 0. The van der Waals surface area contributed by atoms with Gasteiger partial charge in [-0.2, -0.15) is 8.42 Å². The molecule has 1 heterocycles. The third kappa shape index (κ3) is 36.3. The minimum Gasteiger partial charge on any atom is -0.457 e. The van der Waals surface area contributed by atoms with E-state index in [2.05, 4.69) is 103 Å². The highest BCUT2D eigenvalue weighted by Crippen LogP contribution is 2.26. The summed E-state index contributed by atoms with van der Waals surface area (Å²) >= 11 is 0. The molecule has 0 saturated carbocycles. The zero-order valence-corrected chi connectivity index (χ0v) is 41.5. The fourth-order valence-electron chi connectivity index (χ4n) is 7.20. The first-order valence-electron chi connectivity index (χ1n) is 25.3. The summed E-state index contributed by atoms with van der Waals surface area (Å²) in [5.74, 6) is -0.434. The molecule has 0 spiro atoms. The topological polar surface area (TPSA) is 178 Å². The molecular weight excluding hydrogens is 861 g/mol. The summed E-state index contributed by atoms with van der Waals surface area (Å²) < 4.78 is 59.2. The molecule has 380 valence electrons. The molecule has 0 radical (unpaired) electrons. The molecule has 0 amide bonds. The number of hydrogen-bond donors (Lipinski definition) is 4.